The van der Waals surface area contributed by atoms with Gasteiger partial charge in [-0.1, -0.05) is 24.3 Å². The van der Waals surface area contributed by atoms with Crippen LogP contribution in [0.15, 0.2) is 48.5 Å². The van der Waals surface area contributed by atoms with Crippen LogP contribution in [0, 0.1) is 10.1 Å². The van der Waals surface area contributed by atoms with Gasteiger partial charge in [-0.25, -0.2) is 0 Å². The second-order valence-electron chi connectivity index (χ2n) is 7.44. The lowest BCUT2D eigenvalue weighted by Crippen LogP contribution is -2.53. The fraction of sp³-hybridized carbons (Fsp3) is 0.400. The Morgan fingerprint density at radius 1 is 0.844 bits per heavy atom. The Kier molecular flexibility index (Phi) is 6.38. The van der Waals surface area contributed by atoms with Crippen LogP contribution in [0.3, 0.4) is 0 Å². The molecule has 1 saturated heterocycles. The largest absolute Gasteiger partial charge is 0.430 e. The summed E-state index contributed by atoms with van der Waals surface area (Å²) in [5, 5.41) is 20.2. The molecular weight excluding hydrogens is 444 g/mol. The van der Waals surface area contributed by atoms with E-state index in [9.17, 15) is 41.6 Å². The average Bonchev–Trinajstić information content (AvgIpc) is 2.73. The predicted molar refractivity (Wildman–Crippen MR) is 103 cm³/mol. The maximum absolute atomic E-state index is 13.0. The highest BCUT2D eigenvalue weighted by atomic mass is 19.4. The topological polar surface area (TPSA) is 69.9 Å². The molecule has 32 heavy (non-hydrogen) atoms. The second-order valence-corrected chi connectivity index (χ2v) is 7.44. The maximum Gasteiger partial charge on any atom is 0.430 e. The van der Waals surface area contributed by atoms with Crippen LogP contribution >= 0.6 is 0 Å². The summed E-state index contributed by atoms with van der Waals surface area (Å²) < 4.78 is 77.9. The molecule has 2 aromatic rings. The van der Waals surface area contributed by atoms with Gasteiger partial charge in [-0.15, -0.1) is 0 Å². The highest BCUT2D eigenvalue weighted by Crippen LogP contribution is 2.49. The van der Waals surface area contributed by atoms with Gasteiger partial charge in [-0.2, -0.15) is 26.3 Å². The number of non-ortho nitro benzene ring substituents is 1. The van der Waals surface area contributed by atoms with Crippen molar-refractivity contribution in [3.8, 4) is 0 Å². The summed E-state index contributed by atoms with van der Waals surface area (Å²) >= 11 is 0. The zero-order valence-corrected chi connectivity index (χ0v) is 16.5. The van der Waals surface area contributed by atoms with Gasteiger partial charge in [0.15, 0.2) is 0 Å². The Balaban J connectivity index is 1.63. The van der Waals surface area contributed by atoms with Crippen molar-refractivity contribution in [3.05, 3.63) is 69.8 Å². The number of nitrogens with zero attached hydrogens (tertiary/aromatic N) is 3. The van der Waals surface area contributed by atoms with Crippen LogP contribution in [-0.4, -0.2) is 53.5 Å². The highest BCUT2D eigenvalue weighted by Gasteiger charge is 2.71. The van der Waals surface area contributed by atoms with Crippen molar-refractivity contribution in [3.63, 3.8) is 0 Å². The van der Waals surface area contributed by atoms with Crippen LogP contribution < -0.4 is 4.90 Å². The van der Waals surface area contributed by atoms with Crippen LogP contribution in [-0.2, 0) is 12.1 Å². The molecule has 1 heterocycles. The molecule has 0 unspecified atom stereocenters. The van der Waals surface area contributed by atoms with Crippen LogP contribution in [0.5, 0.6) is 0 Å². The first-order chi connectivity index (χ1) is 14.8. The minimum absolute atomic E-state index is 0.0150. The zero-order chi connectivity index (χ0) is 23.7. The number of alkyl halides is 6. The Morgan fingerprint density at radius 2 is 1.34 bits per heavy atom. The highest BCUT2D eigenvalue weighted by molar-refractivity contribution is 5.51. The SMILES string of the molecule is O=[N+]([O-])c1ccc(N2CCN(Cc3ccc(C(O)(C(F)(F)F)C(F)(F)F)cc3)CC2)cc1. The Labute approximate surface area is 178 Å². The van der Waals surface area contributed by atoms with Gasteiger partial charge in [-0.3, -0.25) is 15.0 Å². The first kappa shape index (κ1) is 23.8. The van der Waals surface area contributed by atoms with Crippen LogP contribution in [0.1, 0.15) is 11.1 Å². The van der Waals surface area contributed by atoms with E-state index < -0.39 is 28.4 Å². The lowest BCUT2D eigenvalue weighted by Gasteiger charge is -2.36. The third-order valence-corrected chi connectivity index (χ3v) is 5.40. The average molecular weight is 463 g/mol. The van der Waals surface area contributed by atoms with Crippen LogP contribution in [0.4, 0.5) is 37.7 Å². The molecular formula is C20H19F6N3O3. The fourth-order valence-corrected chi connectivity index (χ4v) is 3.55. The number of aliphatic hydroxyl groups is 1. The number of rotatable bonds is 5. The predicted octanol–water partition coefficient (Wildman–Crippen LogP) is 4.23. The smallest absolute Gasteiger partial charge is 0.369 e. The molecule has 6 nitrogen and oxygen atoms in total. The number of hydrogen-bond acceptors (Lipinski definition) is 5. The molecule has 12 heteroatoms. The molecule has 1 N–H and O–H groups in total. The molecule has 3 rings (SSSR count). The van der Waals surface area contributed by atoms with E-state index in [0.29, 0.717) is 50.4 Å². The van der Waals surface area contributed by atoms with Gasteiger partial charge < -0.3 is 10.0 Å². The number of piperazine rings is 1. The third-order valence-electron chi connectivity index (χ3n) is 5.40. The molecule has 0 aromatic heterocycles. The van der Waals surface area contributed by atoms with Crippen molar-refractivity contribution in [2.45, 2.75) is 24.5 Å². The number of hydrogen-bond donors (Lipinski definition) is 1. The van der Waals surface area contributed by atoms with Crippen molar-refractivity contribution in [2.75, 3.05) is 31.1 Å². The standard InChI is InChI=1S/C20H19F6N3O3/c21-19(22,23)18(30,20(24,25)26)15-3-1-14(2-4-15)13-27-9-11-28(12-10-27)16-5-7-17(8-6-16)29(31)32/h1-8,30H,9-13H2. The second kappa shape index (κ2) is 8.58. The van der Waals surface area contributed by atoms with E-state index in [1.165, 1.54) is 12.1 Å². The minimum atomic E-state index is -5.92. The summed E-state index contributed by atoms with van der Waals surface area (Å²) in [6.07, 6.45) is -11.8. The molecule has 0 radical (unpaired) electrons. The minimum Gasteiger partial charge on any atom is -0.369 e. The van der Waals surface area contributed by atoms with Gasteiger partial charge in [-0.05, 0) is 17.7 Å². The summed E-state index contributed by atoms with van der Waals surface area (Å²) in [4.78, 5) is 14.3. The van der Waals surface area contributed by atoms with Crippen LogP contribution in [0.2, 0.25) is 0 Å². The number of nitro benzene ring substituents is 1. The first-order valence-corrected chi connectivity index (χ1v) is 9.50. The Hall–Kier alpha value is -2.86. The van der Waals surface area contributed by atoms with Gasteiger partial charge in [0.1, 0.15) is 0 Å². The van der Waals surface area contributed by atoms with Gasteiger partial charge in [0.05, 0.1) is 4.92 Å². The third kappa shape index (κ3) is 4.65. The summed E-state index contributed by atoms with van der Waals surface area (Å²) in [5.74, 6) is 0. The summed E-state index contributed by atoms with van der Waals surface area (Å²) in [6.45, 7) is 2.65. The summed E-state index contributed by atoms with van der Waals surface area (Å²) in [6, 6.07) is 9.68. The van der Waals surface area contributed by atoms with Gasteiger partial charge in [0, 0.05) is 56.1 Å². The van der Waals surface area contributed by atoms with E-state index in [2.05, 4.69) is 0 Å². The van der Waals surface area contributed by atoms with E-state index in [-0.39, 0.29) is 5.69 Å². The molecule has 0 aliphatic carbocycles. The van der Waals surface area contributed by atoms with Gasteiger partial charge in [0.25, 0.3) is 11.3 Å². The fourth-order valence-electron chi connectivity index (χ4n) is 3.55. The lowest BCUT2D eigenvalue weighted by atomic mass is 9.91. The molecule has 0 spiro atoms. The molecule has 0 amide bonds. The van der Waals surface area contributed by atoms with E-state index in [1.807, 2.05) is 9.80 Å². The molecule has 1 fully saturated rings. The van der Waals surface area contributed by atoms with E-state index in [0.717, 1.165) is 17.8 Å². The molecule has 174 valence electrons. The number of anilines is 1. The molecule has 0 saturated carbocycles. The van der Waals surface area contributed by atoms with Crippen molar-refractivity contribution >= 4 is 11.4 Å². The van der Waals surface area contributed by atoms with E-state index >= 15 is 0 Å². The van der Waals surface area contributed by atoms with E-state index in [1.54, 1.807) is 12.1 Å². The molecule has 1 aliphatic rings. The summed E-state index contributed by atoms with van der Waals surface area (Å²) in [7, 11) is 0. The van der Waals surface area contributed by atoms with Crippen molar-refractivity contribution < 1.29 is 36.4 Å². The van der Waals surface area contributed by atoms with Crippen molar-refractivity contribution in [1.29, 1.82) is 0 Å². The number of benzene rings is 2. The van der Waals surface area contributed by atoms with Crippen molar-refractivity contribution in [1.82, 2.24) is 4.90 Å². The molecule has 0 bridgehead atoms. The quantitative estimate of drug-likeness (QED) is 0.408. The Bertz CT molecular complexity index is 923. The number of halogens is 6. The monoisotopic (exact) mass is 463 g/mol. The van der Waals surface area contributed by atoms with Crippen molar-refractivity contribution in [2.24, 2.45) is 0 Å². The maximum atomic E-state index is 13.0. The Morgan fingerprint density at radius 3 is 1.78 bits per heavy atom. The number of nitro groups is 1. The lowest BCUT2D eigenvalue weighted by molar-refractivity contribution is -0.384. The normalized spacial score (nSPS) is 16.3. The summed E-state index contributed by atoms with van der Waals surface area (Å²) in [5.41, 5.74) is -4.92. The molecule has 0 atom stereocenters. The zero-order valence-electron chi connectivity index (χ0n) is 16.5. The molecule has 1 aliphatic heterocycles. The van der Waals surface area contributed by atoms with Gasteiger partial charge >= 0.3 is 12.4 Å². The van der Waals surface area contributed by atoms with Gasteiger partial charge in [0.2, 0.25) is 0 Å². The molecule has 2 aromatic carbocycles. The first-order valence-electron chi connectivity index (χ1n) is 9.50. The van der Waals surface area contributed by atoms with Crippen LogP contribution in [0.25, 0.3) is 0 Å². The van der Waals surface area contributed by atoms with E-state index in [4.69, 9.17) is 0 Å².